The number of benzene rings is 1. The number of carbonyl (C=O) groups excluding carboxylic acids is 1. The molecule has 0 unspecified atom stereocenters. The van der Waals surface area contributed by atoms with Gasteiger partial charge in [0.25, 0.3) is 0 Å². The molecule has 2 aliphatic heterocycles. The fourth-order valence-electron chi connectivity index (χ4n) is 3.32. The van der Waals surface area contributed by atoms with Crippen LogP contribution in [0.15, 0.2) is 18.2 Å². The van der Waals surface area contributed by atoms with Crippen LogP contribution in [0.4, 0.5) is 0 Å². The Hall–Kier alpha value is -1.59. The topological polar surface area (TPSA) is 57.3 Å². The van der Waals surface area contributed by atoms with Crippen molar-refractivity contribution in [3.05, 3.63) is 29.3 Å². The van der Waals surface area contributed by atoms with Crippen molar-refractivity contribution in [1.82, 2.24) is 0 Å². The van der Waals surface area contributed by atoms with Gasteiger partial charge in [-0.3, -0.25) is 4.79 Å². The van der Waals surface area contributed by atoms with Crippen LogP contribution in [-0.4, -0.2) is 38.0 Å². The maximum atomic E-state index is 12.0. The molecule has 5 heteroatoms. The van der Waals surface area contributed by atoms with E-state index in [4.69, 9.17) is 18.9 Å². The minimum absolute atomic E-state index is 0.0371. The van der Waals surface area contributed by atoms with Crippen molar-refractivity contribution >= 4 is 5.97 Å². The Balaban J connectivity index is 1.53. The predicted octanol–water partition coefficient (Wildman–Crippen LogP) is 2.20. The lowest BCUT2D eigenvalue weighted by atomic mass is 9.98. The fourth-order valence-corrected chi connectivity index (χ4v) is 3.32. The molecule has 22 heavy (non-hydrogen) atoms. The summed E-state index contributed by atoms with van der Waals surface area (Å²) in [5, 5.41) is 0. The van der Waals surface area contributed by atoms with Gasteiger partial charge in [-0.05, 0) is 25.5 Å². The van der Waals surface area contributed by atoms with Gasteiger partial charge in [-0.1, -0.05) is 12.1 Å². The molecule has 2 heterocycles. The number of hydrogen-bond donors (Lipinski definition) is 0. The Morgan fingerprint density at radius 3 is 3.00 bits per heavy atom. The summed E-state index contributed by atoms with van der Waals surface area (Å²) in [5.74, 6) is 0.685. The van der Waals surface area contributed by atoms with Crippen LogP contribution in [0.5, 0.6) is 5.75 Å². The average molecular weight is 304 g/mol. The van der Waals surface area contributed by atoms with Crippen molar-refractivity contribution in [1.29, 1.82) is 0 Å². The Bertz CT molecular complexity index is 595. The number of carbonyl (C=O) groups is 1. The number of epoxide rings is 1. The summed E-state index contributed by atoms with van der Waals surface area (Å²) in [5.41, 5.74) is 2.23. The molecule has 1 saturated heterocycles. The molecule has 0 bridgehead atoms. The van der Waals surface area contributed by atoms with Crippen molar-refractivity contribution < 1.29 is 23.7 Å². The summed E-state index contributed by atoms with van der Waals surface area (Å²) in [4.78, 5) is 12.0. The van der Waals surface area contributed by atoms with Crippen LogP contribution in [0.2, 0.25) is 0 Å². The zero-order valence-corrected chi connectivity index (χ0v) is 12.8. The van der Waals surface area contributed by atoms with Crippen LogP contribution in [0, 0.1) is 5.92 Å². The second kappa shape index (κ2) is 5.25. The van der Waals surface area contributed by atoms with Gasteiger partial charge in [0.2, 0.25) is 0 Å². The molecule has 0 N–H and O–H groups in total. The largest absolute Gasteiger partial charge is 0.489 e. The molecule has 1 aliphatic carbocycles. The van der Waals surface area contributed by atoms with Gasteiger partial charge in [-0.25, -0.2) is 0 Å². The molecule has 5 nitrogen and oxygen atoms in total. The first-order chi connectivity index (χ1) is 10.7. The molecule has 1 saturated carbocycles. The van der Waals surface area contributed by atoms with Gasteiger partial charge in [0.05, 0.1) is 25.9 Å². The molecule has 3 aliphatic rings. The van der Waals surface area contributed by atoms with E-state index in [-0.39, 0.29) is 36.1 Å². The van der Waals surface area contributed by atoms with Crippen molar-refractivity contribution in [2.45, 2.75) is 38.1 Å². The minimum Gasteiger partial charge on any atom is -0.489 e. The van der Waals surface area contributed by atoms with Crippen LogP contribution >= 0.6 is 0 Å². The molecule has 0 spiro atoms. The highest BCUT2D eigenvalue weighted by molar-refractivity contribution is 5.81. The number of rotatable bonds is 6. The standard InChI is InChI=1S/C17H20O5/c1-3-19-17(18)15-14-13-11(9(2)20-7-10-8-21-10)5-4-6-12(13)22-16(14)15/h4-6,9-10,14-16H,3,7-8H2,1-2H3/t9-,10+,14-,15-,16-/m1/s1. The average Bonchev–Trinajstić information content (AvgIpc) is 3.42. The summed E-state index contributed by atoms with van der Waals surface area (Å²) < 4.78 is 22.1. The molecule has 5 atom stereocenters. The normalized spacial score (nSPS) is 31.7. The Labute approximate surface area is 129 Å². The van der Waals surface area contributed by atoms with Crippen molar-refractivity contribution in [2.75, 3.05) is 19.8 Å². The van der Waals surface area contributed by atoms with Crippen LogP contribution in [0.3, 0.4) is 0 Å². The van der Waals surface area contributed by atoms with Crippen LogP contribution in [0.25, 0.3) is 0 Å². The number of fused-ring (bicyclic) bond motifs is 3. The molecular weight excluding hydrogens is 284 g/mol. The second-order valence-electron chi connectivity index (χ2n) is 6.08. The summed E-state index contributed by atoms with van der Waals surface area (Å²) >= 11 is 0. The van der Waals surface area contributed by atoms with E-state index in [1.54, 1.807) is 0 Å². The first-order valence-corrected chi connectivity index (χ1v) is 7.90. The molecular formula is C17H20O5. The lowest BCUT2D eigenvalue weighted by molar-refractivity contribution is -0.145. The second-order valence-corrected chi connectivity index (χ2v) is 6.08. The third-order valence-corrected chi connectivity index (χ3v) is 4.58. The van der Waals surface area contributed by atoms with E-state index in [9.17, 15) is 4.79 Å². The van der Waals surface area contributed by atoms with Crippen molar-refractivity contribution in [2.24, 2.45) is 5.92 Å². The highest BCUT2D eigenvalue weighted by atomic mass is 16.6. The molecule has 0 aromatic heterocycles. The van der Waals surface area contributed by atoms with Gasteiger partial charge < -0.3 is 18.9 Å². The van der Waals surface area contributed by atoms with Crippen molar-refractivity contribution in [3.8, 4) is 5.75 Å². The third kappa shape index (κ3) is 2.29. The van der Waals surface area contributed by atoms with Crippen LogP contribution in [-0.2, 0) is 19.0 Å². The van der Waals surface area contributed by atoms with Gasteiger partial charge >= 0.3 is 5.97 Å². The minimum atomic E-state index is -0.160. The first-order valence-electron chi connectivity index (χ1n) is 7.90. The highest BCUT2D eigenvalue weighted by Crippen LogP contribution is 2.60. The molecule has 0 radical (unpaired) electrons. The lowest BCUT2D eigenvalue weighted by Crippen LogP contribution is -2.14. The van der Waals surface area contributed by atoms with Gasteiger partial charge in [0.15, 0.2) is 0 Å². The quantitative estimate of drug-likeness (QED) is 0.595. The van der Waals surface area contributed by atoms with Gasteiger partial charge in [0, 0.05) is 11.5 Å². The van der Waals surface area contributed by atoms with Gasteiger partial charge in [-0.15, -0.1) is 0 Å². The number of ether oxygens (including phenoxy) is 4. The maximum absolute atomic E-state index is 12.0. The maximum Gasteiger partial charge on any atom is 0.313 e. The van der Waals surface area contributed by atoms with Gasteiger partial charge in [-0.2, -0.15) is 0 Å². The summed E-state index contributed by atoms with van der Waals surface area (Å²) in [6, 6.07) is 6.00. The van der Waals surface area contributed by atoms with E-state index in [2.05, 4.69) is 6.07 Å². The van der Waals surface area contributed by atoms with Crippen molar-refractivity contribution in [3.63, 3.8) is 0 Å². The predicted molar refractivity (Wildman–Crippen MR) is 77.8 cm³/mol. The van der Waals surface area contributed by atoms with E-state index in [1.807, 2.05) is 26.0 Å². The molecule has 1 aromatic carbocycles. The van der Waals surface area contributed by atoms with E-state index in [1.165, 1.54) is 0 Å². The smallest absolute Gasteiger partial charge is 0.313 e. The highest BCUT2D eigenvalue weighted by Gasteiger charge is 2.64. The third-order valence-electron chi connectivity index (χ3n) is 4.58. The Morgan fingerprint density at radius 1 is 1.45 bits per heavy atom. The van der Waals surface area contributed by atoms with E-state index < -0.39 is 0 Å². The van der Waals surface area contributed by atoms with Crippen LogP contribution < -0.4 is 4.74 Å². The fraction of sp³-hybridized carbons (Fsp3) is 0.588. The number of hydrogen-bond acceptors (Lipinski definition) is 5. The van der Waals surface area contributed by atoms with Gasteiger partial charge in [0.1, 0.15) is 23.9 Å². The summed E-state index contributed by atoms with van der Waals surface area (Å²) in [7, 11) is 0. The Kier molecular flexibility index (Phi) is 3.35. The summed E-state index contributed by atoms with van der Waals surface area (Å²) in [6.07, 6.45) is 0.149. The molecule has 118 valence electrons. The van der Waals surface area contributed by atoms with E-state index >= 15 is 0 Å². The summed E-state index contributed by atoms with van der Waals surface area (Å²) in [6.45, 7) is 5.67. The molecule has 2 fully saturated rings. The Morgan fingerprint density at radius 2 is 2.27 bits per heavy atom. The van der Waals surface area contributed by atoms with E-state index in [0.717, 1.165) is 23.5 Å². The molecule has 0 amide bonds. The molecule has 1 aromatic rings. The monoisotopic (exact) mass is 304 g/mol. The zero-order chi connectivity index (χ0) is 15.3. The SMILES string of the molecule is CCOC(=O)[C@H]1[C@@H]2Oc3cccc([C@@H](C)OC[C@H]4CO4)c3[C@@H]21. The lowest BCUT2D eigenvalue weighted by Gasteiger charge is -2.17. The first kappa shape index (κ1) is 14.0. The molecule has 4 rings (SSSR count). The zero-order valence-electron chi connectivity index (χ0n) is 12.8. The van der Waals surface area contributed by atoms with E-state index in [0.29, 0.717) is 13.2 Å². The number of esters is 1. The van der Waals surface area contributed by atoms with Crippen LogP contribution in [0.1, 0.15) is 37.0 Å².